The van der Waals surface area contributed by atoms with Gasteiger partial charge in [0.25, 0.3) is 5.91 Å². The number of hydrogen-bond acceptors (Lipinski definition) is 3. The summed E-state index contributed by atoms with van der Waals surface area (Å²) in [6, 6.07) is 14.0. The van der Waals surface area contributed by atoms with Crippen LogP contribution in [0, 0.1) is 6.92 Å². The number of rotatable bonds is 3. The Bertz CT molecular complexity index is 740. The third-order valence-corrected chi connectivity index (χ3v) is 3.74. The number of nitrogens with one attached hydrogen (secondary N) is 2. The first-order chi connectivity index (χ1) is 11.6. The number of carbonyl (C=O) groups excluding carboxylic acids is 2. The van der Waals surface area contributed by atoms with Gasteiger partial charge in [0.2, 0.25) is 0 Å². The zero-order valence-corrected chi connectivity index (χ0v) is 13.4. The summed E-state index contributed by atoms with van der Waals surface area (Å²) in [7, 11) is 0. The molecule has 3 amide bonds. The quantitative estimate of drug-likeness (QED) is 0.908. The molecule has 2 aromatic rings. The second-order valence-corrected chi connectivity index (χ2v) is 5.57. The van der Waals surface area contributed by atoms with Crippen molar-refractivity contribution >= 4 is 23.3 Å². The van der Waals surface area contributed by atoms with E-state index >= 15 is 0 Å². The average Bonchev–Trinajstić information content (AvgIpc) is 3.11. The summed E-state index contributed by atoms with van der Waals surface area (Å²) in [5.74, 6) is -0.195. The number of para-hydroxylation sites is 1. The molecule has 1 aliphatic heterocycles. The van der Waals surface area contributed by atoms with Crippen LogP contribution in [0.2, 0.25) is 0 Å². The number of urea groups is 1. The van der Waals surface area contributed by atoms with Crippen LogP contribution < -0.4 is 10.6 Å². The topological polar surface area (TPSA) is 70.7 Å². The van der Waals surface area contributed by atoms with Gasteiger partial charge < -0.3 is 10.6 Å². The number of aryl methyl sites for hydroxylation is 1. The molecule has 0 saturated carbocycles. The summed E-state index contributed by atoms with van der Waals surface area (Å²) in [5.41, 5.74) is 2.65. The zero-order valence-electron chi connectivity index (χ0n) is 13.4. The maximum Gasteiger partial charge on any atom is 0.323 e. The highest BCUT2D eigenvalue weighted by Gasteiger charge is 2.21. The summed E-state index contributed by atoms with van der Waals surface area (Å²) in [6.07, 6.45) is 0.836. The Morgan fingerprint density at radius 2 is 1.88 bits per heavy atom. The Hall–Kier alpha value is -2.86. The van der Waals surface area contributed by atoms with Gasteiger partial charge in [0.05, 0.1) is 13.2 Å². The summed E-state index contributed by atoms with van der Waals surface area (Å²) in [5, 5.41) is 6.89. The molecular weight excluding hydrogens is 306 g/mol. The molecule has 1 aliphatic rings. The molecule has 0 aliphatic carbocycles. The van der Waals surface area contributed by atoms with Gasteiger partial charge in [-0.05, 0) is 43.2 Å². The van der Waals surface area contributed by atoms with Gasteiger partial charge in [0, 0.05) is 16.9 Å². The van der Waals surface area contributed by atoms with Crippen molar-refractivity contribution in [3.63, 3.8) is 0 Å². The molecule has 2 N–H and O–H groups in total. The third-order valence-electron chi connectivity index (χ3n) is 3.74. The highest BCUT2D eigenvalue weighted by atomic mass is 16.7. The Kier molecular flexibility index (Phi) is 4.77. The first-order valence-corrected chi connectivity index (χ1v) is 7.82. The van der Waals surface area contributed by atoms with Crippen molar-refractivity contribution in [3.05, 3.63) is 59.7 Å². The van der Waals surface area contributed by atoms with Crippen molar-refractivity contribution in [3.8, 4) is 0 Å². The molecule has 1 heterocycles. The summed E-state index contributed by atoms with van der Waals surface area (Å²) >= 11 is 0. The largest absolute Gasteiger partial charge is 0.323 e. The first kappa shape index (κ1) is 16.0. The van der Waals surface area contributed by atoms with Crippen molar-refractivity contribution in [1.82, 2.24) is 5.06 Å². The van der Waals surface area contributed by atoms with Gasteiger partial charge in [-0.3, -0.25) is 9.63 Å². The van der Waals surface area contributed by atoms with Crippen LogP contribution >= 0.6 is 0 Å². The minimum absolute atomic E-state index is 0.195. The maximum absolute atomic E-state index is 12.4. The summed E-state index contributed by atoms with van der Waals surface area (Å²) in [6.45, 7) is 3.02. The molecule has 3 rings (SSSR count). The molecule has 24 heavy (non-hydrogen) atoms. The van der Waals surface area contributed by atoms with Gasteiger partial charge in [-0.15, -0.1) is 0 Å². The molecule has 0 aromatic heterocycles. The average molecular weight is 325 g/mol. The molecule has 1 fully saturated rings. The minimum Gasteiger partial charge on any atom is -0.308 e. The van der Waals surface area contributed by atoms with E-state index < -0.39 is 0 Å². The molecule has 124 valence electrons. The normalized spacial score (nSPS) is 13.6. The van der Waals surface area contributed by atoms with Crippen molar-refractivity contribution in [2.24, 2.45) is 0 Å². The molecule has 0 spiro atoms. The van der Waals surface area contributed by atoms with Crippen LogP contribution in [0.25, 0.3) is 0 Å². The van der Waals surface area contributed by atoms with Crippen molar-refractivity contribution in [2.75, 3.05) is 23.8 Å². The van der Waals surface area contributed by atoms with Gasteiger partial charge in [-0.25, -0.2) is 9.86 Å². The SMILES string of the molecule is Cc1ccc(C(=O)N2CCCO2)cc1NC(=O)Nc1ccccc1. The number of anilines is 2. The van der Waals surface area contributed by atoms with Crippen molar-refractivity contribution < 1.29 is 14.4 Å². The lowest BCUT2D eigenvalue weighted by atomic mass is 10.1. The van der Waals surface area contributed by atoms with Gasteiger partial charge in [-0.2, -0.15) is 0 Å². The lowest BCUT2D eigenvalue weighted by Gasteiger charge is -2.16. The number of benzene rings is 2. The molecule has 2 aromatic carbocycles. The Morgan fingerprint density at radius 3 is 2.58 bits per heavy atom. The van der Waals surface area contributed by atoms with Crippen LogP contribution in [0.4, 0.5) is 16.2 Å². The lowest BCUT2D eigenvalue weighted by molar-refractivity contribution is -0.0768. The Balaban J connectivity index is 1.71. The third kappa shape index (κ3) is 3.72. The number of hydrogen-bond donors (Lipinski definition) is 2. The number of amides is 3. The Morgan fingerprint density at radius 1 is 1.08 bits per heavy atom. The van der Waals surface area contributed by atoms with Gasteiger partial charge >= 0.3 is 6.03 Å². The van der Waals surface area contributed by atoms with Crippen LogP contribution in [0.1, 0.15) is 22.3 Å². The van der Waals surface area contributed by atoms with E-state index in [1.54, 1.807) is 30.3 Å². The van der Waals surface area contributed by atoms with Crippen LogP contribution in [-0.2, 0) is 4.84 Å². The highest BCUT2D eigenvalue weighted by molar-refractivity contribution is 6.01. The van der Waals surface area contributed by atoms with E-state index in [2.05, 4.69) is 10.6 Å². The van der Waals surface area contributed by atoms with Gasteiger partial charge in [0.1, 0.15) is 0 Å². The molecule has 6 heteroatoms. The van der Waals surface area contributed by atoms with Crippen LogP contribution in [0.15, 0.2) is 48.5 Å². The number of carbonyl (C=O) groups is 2. The number of nitrogens with zero attached hydrogens (tertiary/aromatic N) is 1. The van der Waals surface area contributed by atoms with E-state index in [4.69, 9.17) is 4.84 Å². The maximum atomic E-state index is 12.4. The molecule has 0 bridgehead atoms. The van der Waals surface area contributed by atoms with Crippen molar-refractivity contribution in [1.29, 1.82) is 0 Å². The van der Waals surface area contributed by atoms with E-state index in [0.717, 1.165) is 12.0 Å². The van der Waals surface area contributed by atoms with E-state index in [9.17, 15) is 9.59 Å². The zero-order chi connectivity index (χ0) is 16.9. The summed E-state index contributed by atoms with van der Waals surface area (Å²) < 4.78 is 0. The van der Waals surface area contributed by atoms with Crippen LogP contribution in [-0.4, -0.2) is 30.2 Å². The molecule has 1 saturated heterocycles. The summed E-state index contributed by atoms with van der Waals surface area (Å²) in [4.78, 5) is 29.8. The Labute approximate surface area is 140 Å². The standard InChI is InChI=1S/C18H19N3O3/c1-13-8-9-14(17(22)21-10-5-11-24-21)12-16(13)20-18(23)19-15-6-3-2-4-7-15/h2-4,6-9,12H,5,10-11H2,1H3,(H2,19,20,23). The van der Waals surface area contributed by atoms with E-state index in [1.165, 1.54) is 5.06 Å². The minimum atomic E-state index is -0.355. The predicted molar refractivity (Wildman–Crippen MR) is 91.9 cm³/mol. The molecule has 6 nitrogen and oxygen atoms in total. The smallest absolute Gasteiger partial charge is 0.308 e. The van der Waals surface area contributed by atoms with Gasteiger partial charge in [0.15, 0.2) is 0 Å². The molecule has 0 unspecified atom stereocenters. The first-order valence-electron chi connectivity index (χ1n) is 7.82. The molecular formula is C18H19N3O3. The molecule has 0 atom stereocenters. The molecule has 0 radical (unpaired) electrons. The fourth-order valence-electron chi connectivity index (χ4n) is 2.45. The van der Waals surface area contributed by atoms with E-state index in [-0.39, 0.29) is 11.9 Å². The van der Waals surface area contributed by atoms with Crippen molar-refractivity contribution in [2.45, 2.75) is 13.3 Å². The highest BCUT2D eigenvalue weighted by Crippen LogP contribution is 2.20. The lowest BCUT2D eigenvalue weighted by Crippen LogP contribution is -2.27. The van der Waals surface area contributed by atoms with Crippen LogP contribution in [0.3, 0.4) is 0 Å². The van der Waals surface area contributed by atoms with E-state index in [0.29, 0.717) is 30.1 Å². The monoisotopic (exact) mass is 325 g/mol. The fraction of sp³-hybridized carbons (Fsp3) is 0.222. The van der Waals surface area contributed by atoms with E-state index in [1.807, 2.05) is 25.1 Å². The fourth-order valence-corrected chi connectivity index (χ4v) is 2.45. The number of hydroxylamine groups is 2. The second-order valence-electron chi connectivity index (χ2n) is 5.57. The second kappa shape index (κ2) is 7.14. The predicted octanol–water partition coefficient (Wildman–Crippen LogP) is 3.42. The van der Waals surface area contributed by atoms with Crippen LogP contribution in [0.5, 0.6) is 0 Å². The van der Waals surface area contributed by atoms with Gasteiger partial charge in [-0.1, -0.05) is 24.3 Å².